The van der Waals surface area contributed by atoms with Gasteiger partial charge in [0.2, 0.25) is 5.91 Å². The van der Waals surface area contributed by atoms with E-state index in [0.29, 0.717) is 15.9 Å². The summed E-state index contributed by atoms with van der Waals surface area (Å²) >= 11 is 13.3. The molecule has 0 aliphatic carbocycles. The summed E-state index contributed by atoms with van der Waals surface area (Å²) < 4.78 is 13.1. The van der Waals surface area contributed by atoms with Gasteiger partial charge in [-0.15, -0.1) is 0 Å². The van der Waals surface area contributed by atoms with Gasteiger partial charge in [0.05, 0.1) is 12.2 Å². The maximum atomic E-state index is 13.1. The van der Waals surface area contributed by atoms with Crippen molar-refractivity contribution in [2.24, 2.45) is 5.92 Å². The van der Waals surface area contributed by atoms with Gasteiger partial charge in [-0.2, -0.15) is 0 Å². The van der Waals surface area contributed by atoms with Gasteiger partial charge in [0, 0.05) is 28.0 Å². The number of hydrogen-bond acceptors (Lipinski definition) is 3. The van der Waals surface area contributed by atoms with E-state index in [0.717, 1.165) is 43.0 Å². The highest BCUT2D eigenvalue weighted by atomic mass is 35.5. The average molecular weight is 484 g/mol. The molecule has 7 heteroatoms. The summed E-state index contributed by atoms with van der Waals surface area (Å²) in [7, 11) is 0. The minimum Gasteiger partial charge on any atom is -0.310 e. The van der Waals surface area contributed by atoms with Crippen LogP contribution in [0.2, 0.25) is 10.0 Å². The molecule has 2 bridgehead atoms. The van der Waals surface area contributed by atoms with E-state index in [1.54, 1.807) is 0 Å². The third-order valence-corrected chi connectivity index (χ3v) is 7.53. The number of carbonyl (C=O) groups excluding carboxylic acids is 1. The van der Waals surface area contributed by atoms with Crippen LogP contribution in [0.15, 0.2) is 66.9 Å². The van der Waals surface area contributed by atoms with Crippen molar-refractivity contribution < 1.29 is 9.18 Å². The fourth-order valence-electron chi connectivity index (χ4n) is 5.41. The van der Waals surface area contributed by atoms with Crippen molar-refractivity contribution in [3.8, 4) is 0 Å². The van der Waals surface area contributed by atoms with E-state index in [-0.39, 0.29) is 30.0 Å². The number of halogens is 3. The van der Waals surface area contributed by atoms with Crippen LogP contribution in [0, 0.1) is 11.7 Å². The van der Waals surface area contributed by atoms with Crippen LogP contribution in [0.4, 0.5) is 10.2 Å². The van der Waals surface area contributed by atoms with E-state index < -0.39 is 5.82 Å². The SMILES string of the molecule is O=C(Nc1ccc(F)cn1)C1CC2CCC(C1)N2C(c1ccccc1Cl)c1ccccc1Cl. The highest BCUT2D eigenvalue weighted by Gasteiger charge is 2.47. The Balaban J connectivity index is 1.42. The first-order valence-corrected chi connectivity index (χ1v) is 12.0. The molecule has 5 rings (SSSR count). The lowest BCUT2D eigenvalue weighted by Gasteiger charge is -2.44. The summed E-state index contributed by atoms with van der Waals surface area (Å²) in [5, 5.41) is 4.28. The van der Waals surface area contributed by atoms with Gasteiger partial charge in [0.15, 0.2) is 0 Å². The first-order valence-electron chi connectivity index (χ1n) is 11.2. The normalized spacial score (nSPS) is 22.5. The third-order valence-electron chi connectivity index (χ3n) is 6.84. The monoisotopic (exact) mass is 483 g/mol. The van der Waals surface area contributed by atoms with Crippen LogP contribution in [-0.2, 0) is 4.79 Å². The number of anilines is 1. The second-order valence-corrected chi connectivity index (χ2v) is 9.61. The van der Waals surface area contributed by atoms with Gasteiger partial charge in [0.1, 0.15) is 11.6 Å². The third kappa shape index (κ3) is 4.50. The number of nitrogens with one attached hydrogen (secondary N) is 1. The van der Waals surface area contributed by atoms with E-state index in [1.165, 1.54) is 12.1 Å². The molecule has 2 aromatic carbocycles. The standard InChI is InChI=1S/C26H24Cl2FN3O/c27-22-7-3-1-5-20(22)25(21-6-2-4-8-23(21)28)32-18-10-11-19(32)14-16(13-18)26(33)31-24-12-9-17(29)15-30-24/h1-9,12,15-16,18-19,25H,10-11,13-14H2,(H,30,31,33). The molecular weight excluding hydrogens is 460 g/mol. The Labute approximate surface area is 202 Å². The highest BCUT2D eigenvalue weighted by molar-refractivity contribution is 6.32. The molecule has 2 fully saturated rings. The molecule has 2 aliphatic rings. The lowest BCUT2D eigenvalue weighted by Crippen LogP contribution is -2.47. The lowest BCUT2D eigenvalue weighted by molar-refractivity contribution is -0.122. The van der Waals surface area contributed by atoms with Gasteiger partial charge < -0.3 is 5.32 Å². The average Bonchev–Trinajstić information content (AvgIpc) is 3.06. The quantitative estimate of drug-likeness (QED) is 0.450. The molecule has 0 radical (unpaired) electrons. The van der Waals surface area contributed by atoms with Crippen molar-refractivity contribution in [1.82, 2.24) is 9.88 Å². The summed E-state index contributed by atoms with van der Waals surface area (Å²) in [6, 6.07) is 19.0. The molecule has 2 aliphatic heterocycles. The van der Waals surface area contributed by atoms with Gasteiger partial charge >= 0.3 is 0 Å². The molecule has 170 valence electrons. The van der Waals surface area contributed by atoms with Crippen LogP contribution in [0.25, 0.3) is 0 Å². The van der Waals surface area contributed by atoms with Gasteiger partial charge in [0.25, 0.3) is 0 Å². The van der Waals surface area contributed by atoms with Crippen LogP contribution in [0.1, 0.15) is 42.9 Å². The van der Waals surface area contributed by atoms with Crippen LogP contribution in [0.3, 0.4) is 0 Å². The number of pyridine rings is 1. The summed E-state index contributed by atoms with van der Waals surface area (Å²) in [4.78, 5) is 19.5. The number of piperidine rings is 1. The fraction of sp³-hybridized carbons (Fsp3) is 0.308. The predicted octanol–water partition coefficient (Wildman–Crippen LogP) is 6.50. The summed E-state index contributed by atoms with van der Waals surface area (Å²) in [5.74, 6) is -0.229. The fourth-order valence-corrected chi connectivity index (χ4v) is 5.89. The number of aromatic nitrogens is 1. The van der Waals surface area contributed by atoms with Crippen LogP contribution in [-0.4, -0.2) is 27.9 Å². The smallest absolute Gasteiger partial charge is 0.228 e. The maximum absolute atomic E-state index is 13.1. The topological polar surface area (TPSA) is 45.2 Å². The Morgan fingerprint density at radius 3 is 2.03 bits per heavy atom. The molecule has 1 aromatic heterocycles. The maximum Gasteiger partial charge on any atom is 0.228 e. The predicted molar refractivity (Wildman–Crippen MR) is 129 cm³/mol. The van der Waals surface area contributed by atoms with E-state index in [2.05, 4.69) is 27.3 Å². The van der Waals surface area contributed by atoms with Crippen LogP contribution in [0.5, 0.6) is 0 Å². The van der Waals surface area contributed by atoms with Crippen LogP contribution < -0.4 is 5.32 Å². The number of hydrogen-bond donors (Lipinski definition) is 1. The molecule has 3 heterocycles. The molecule has 33 heavy (non-hydrogen) atoms. The summed E-state index contributed by atoms with van der Waals surface area (Å²) in [6.45, 7) is 0. The zero-order valence-corrected chi connectivity index (χ0v) is 19.4. The first kappa shape index (κ1) is 22.3. The van der Waals surface area contributed by atoms with Crippen LogP contribution >= 0.6 is 23.2 Å². The number of nitrogens with zero attached hydrogens (tertiary/aromatic N) is 2. The van der Waals surface area contributed by atoms with Crippen molar-refractivity contribution >= 4 is 34.9 Å². The number of benzene rings is 2. The van der Waals surface area contributed by atoms with Crippen molar-refractivity contribution in [1.29, 1.82) is 0 Å². The van der Waals surface area contributed by atoms with Gasteiger partial charge in [-0.05, 0) is 61.1 Å². The van der Waals surface area contributed by atoms with Crippen molar-refractivity contribution in [2.75, 3.05) is 5.32 Å². The van der Waals surface area contributed by atoms with E-state index in [9.17, 15) is 9.18 Å². The Morgan fingerprint density at radius 1 is 0.939 bits per heavy atom. The minimum atomic E-state index is -0.426. The van der Waals surface area contributed by atoms with E-state index in [1.807, 2.05) is 36.4 Å². The number of fused-ring (bicyclic) bond motifs is 2. The number of carbonyl (C=O) groups is 1. The molecular formula is C26H24Cl2FN3O. The molecule has 1 N–H and O–H groups in total. The molecule has 0 saturated carbocycles. The Kier molecular flexibility index (Phi) is 6.37. The molecule has 2 unspecified atom stereocenters. The zero-order valence-electron chi connectivity index (χ0n) is 17.9. The van der Waals surface area contributed by atoms with Gasteiger partial charge in [-0.1, -0.05) is 59.6 Å². The second kappa shape index (κ2) is 9.41. The lowest BCUT2D eigenvalue weighted by atomic mass is 9.86. The number of amides is 1. The van der Waals surface area contributed by atoms with Crippen molar-refractivity contribution in [3.63, 3.8) is 0 Å². The summed E-state index contributed by atoms with van der Waals surface area (Å²) in [5.41, 5.74) is 2.06. The second-order valence-electron chi connectivity index (χ2n) is 8.80. The minimum absolute atomic E-state index is 0.0577. The Bertz CT molecular complexity index is 1100. The van der Waals surface area contributed by atoms with Gasteiger partial charge in [-0.3, -0.25) is 9.69 Å². The Hall–Kier alpha value is -2.47. The molecule has 3 aromatic rings. The molecule has 1 amide bonds. The van der Waals surface area contributed by atoms with E-state index in [4.69, 9.17) is 23.2 Å². The van der Waals surface area contributed by atoms with Gasteiger partial charge in [-0.25, -0.2) is 9.37 Å². The van der Waals surface area contributed by atoms with E-state index >= 15 is 0 Å². The highest BCUT2D eigenvalue weighted by Crippen LogP contribution is 2.48. The largest absolute Gasteiger partial charge is 0.310 e. The summed E-state index contributed by atoms with van der Waals surface area (Å²) in [6.07, 6.45) is 4.65. The first-order chi connectivity index (χ1) is 16.0. The van der Waals surface area contributed by atoms with Crippen molar-refractivity contribution in [3.05, 3.63) is 93.8 Å². The molecule has 0 spiro atoms. The van der Waals surface area contributed by atoms with Crippen molar-refractivity contribution in [2.45, 2.75) is 43.8 Å². The molecule has 2 atom stereocenters. The Morgan fingerprint density at radius 2 is 1.52 bits per heavy atom. The molecule has 4 nitrogen and oxygen atoms in total. The molecule has 2 saturated heterocycles. The zero-order chi connectivity index (χ0) is 22.9. The number of rotatable bonds is 5.